The van der Waals surface area contributed by atoms with Crippen molar-refractivity contribution >= 4 is 11.6 Å². The fourth-order valence-corrected chi connectivity index (χ4v) is 2.58. The number of nitrogens with one attached hydrogen (secondary N) is 1. The first-order valence-electron chi connectivity index (χ1n) is 8.27. The molecule has 1 atom stereocenters. The third kappa shape index (κ3) is 3.61. The van der Waals surface area contributed by atoms with Crippen LogP contribution in [0.3, 0.4) is 0 Å². The molecule has 27 heavy (non-hydrogen) atoms. The molecule has 9 nitrogen and oxygen atoms in total. The summed E-state index contributed by atoms with van der Waals surface area (Å²) < 4.78 is 12.8. The monoisotopic (exact) mass is 364 g/mol. The van der Waals surface area contributed by atoms with Gasteiger partial charge in [-0.3, -0.25) is 4.79 Å². The van der Waals surface area contributed by atoms with Gasteiger partial charge in [0.15, 0.2) is 11.5 Å². The van der Waals surface area contributed by atoms with Gasteiger partial charge in [0.1, 0.15) is 12.9 Å². The summed E-state index contributed by atoms with van der Waals surface area (Å²) in [6.07, 6.45) is 0.745. The van der Waals surface area contributed by atoms with Gasteiger partial charge in [-0.1, -0.05) is 24.3 Å². The Labute approximate surface area is 154 Å². The molecule has 2 heterocycles. The zero-order valence-electron chi connectivity index (χ0n) is 14.4. The highest BCUT2D eigenvalue weighted by Crippen LogP contribution is 2.30. The van der Waals surface area contributed by atoms with E-state index < -0.39 is 6.10 Å². The zero-order chi connectivity index (χ0) is 18.6. The van der Waals surface area contributed by atoms with Crippen LogP contribution in [-0.4, -0.2) is 44.5 Å². The molecule has 4 rings (SSSR count). The van der Waals surface area contributed by atoms with E-state index in [1.54, 1.807) is 23.7 Å². The number of fused-ring (bicyclic) bond motifs is 1. The van der Waals surface area contributed by atoms with E-state index >= 15 is 0 Å². The SMILES string of the molecule is C/C(=N\NC(=O)C1COc2ccccc2O1)c1cccc(-n2cnnn2)c1. The van der Waals surface area contributed by atoms with Gasteiger partial charge in [0, 0.05) is 0 Å². The number of carbonyl (C=O) groups excluding carboxylic acids is 1. The van der Waals surface area contributed by atoms with Gasteiger partial charge in [-0.25, -0.2) is 10.1 Å². The third-order valence-corrected chi connectivity index (χ3v) is 4.01. The van der Waals surface area contributed by atoms with Crippen molar-refractivity contribution in [3.63, 3.8) is 0 Å². The number of hydrogen-bond acceptors (Lipinski definition) is 7. The standard InChI is InChI=1S/C18H16N6O3/c1-12(13-5-4-6-14(9-13)24-11-19-22-23-24)20-21-18(25)17-10-26-15-7-2-3-8-16(15)27-17/h2-9,11,17H,10H2,1H3,(H,21,25)/b20-12+. The van der Waals surface area contributed by atoms with Gasteiger partial charge in [-0.15, -0.1) is 5.10 Å². The molecular weight excluding hydrogens is 348 g/mol. The molecule has 0 saturated heterocycles. The third-order valence-electron chi connectivity index (χ3n) is 4.01. The summed E-state index contributed by atoms with van der Waals surface area (Å²) in [7, 11) is 0. The molecule has 0 radical (unpaired) electrons. The summed E-state index contributed by atoms with van der Waals surface area (Å²) in [5.41, 5.74) is 4.79. The van der Waals surface area contributed by atoms with Gasteiger partial charge in [0.2, 0.25) is 6.10 Å². The van der Waals surface area contributed by atoms with Crippen molar-refractivity contribution < 1.29 is 14.3 Å². The molecule has 1 N–H and O–H groups in total. The van der Waals surface area contributed by atoms with Crippen LogP contribution in [0.4, 0.5) is 0 Å². The molecule has 1 aliphatic heterocycles. The van der Waals surface area contributed by atoms with Crippen molar-refractivity contribution in [3.05, 3.63) is 60.4 Å². The van der Waals surface area contributed by atoms with E-state index in [1.165, 1.54) is 6.33 Å². The van der Waals surface area contributed by atoms with Crippen LogP contribution in [0.25, 0.3) is 5.69 Å². The minimum absolute atomic E-state index is 0.131. The summed E-state index contributed by atoms with van der Waals surface area (Å²) in [5.74, 6) is 0.792. The lowest BCUT2D eigenvalue weighted by molar-refractivity contribution is -0.130. The van der Waals surface area contributed by atoms with Crippen LogP contribution in [0.1, 0.15) is 12.5 Å². The minimum atomic E-state index is -0.760. The Bertz CT molecular complexity index is 986. The van der Waals surface area contributed by atoms with Gasteiger partial charge < -0.3 is 9.47 Å². The molecular formula is C18H16N6O3. The van der Waals surface area contributed by atoms with Crippen LogP contribution in [0.15, 0.2) is 60.0 Å². The maximum absolute atomic E-state index is 12.3. The van der Waals surface area contributed by atoms with Crippen LogP contribution in [-0.2, 0) is 4.79 Å². The lowest BCUT2D eigenvalue weighted by Crippen LogP contribution is -2.42. The molecule has 0 spiro atoms. The summed E-state index contributed by atoms with van der Waals surface area (Å²) >= 11 is 0. The second kappa shape index (κ2) is 7.24. The maximum atomic E-state index is 12.3. The van der Waals surface area contributed by atoms with Gasteiger partial charge in [-0.2, -0.15) is 5.10 Å². The molecule has 9 heteroatoms. The van der Waals surface area contributed by atoms with Gasteiger partial charge in [0.05, 0.1) is 11.4 Å². The van der Waals surface area contributed by atoms with E-state index in [2.05, 4.69) is 26.1 Å². The van der Waals surface area contributed by atoms with Crippen molar-refractivity contribution in [1.82, 2.24) is 25.6 Å². The molecule has 1 amide bonds. The van der Waals surface area contributed by atoms with E-state index in [9.17, 15) is 4.79 Å². The highest BCUT2D eigenvalue weighted by atomic mass is 16.6. The van der Waals surface area contributed by atoms with Crippen LogP contribution in [0.5, 0.6) is 11.5 Å². The van der Waals surface area contributed by atoms with Crippen molar-refractivity contribution in [2.24, 2.45) is 5.10 Å². The molecule has 0 bridgehead atoms. The number of hydrogen-bond donors (Lipinski definition) is 1. The fraction of sp³-hybridized carbons (Fsp3) is 0.167. The Kier molecular flexibility index (Phi) is 4.48. The summed E-state index contributed by atoms with van der Waals surface area (Å²) in [6.45, 7) is 1.93. The maximum Gasteiger partial charge on any atom is 0.284 e. The molecule has 1 aliphatic rings. The fourth-order valence-electron chi connectivity index (χ4n) is 2.58. The second-order valence-electron chi connectivity index (χ2n) is 5.84. The lowest BCUT2D eigenvalue weighted by Gasteiger charge is -2.24. The van der Waals surface area contributed by atoms with Gasteiger partial charge in [0.25, 0.3) is 5.91 Å². The van der Waals surface area contributed by atoms with Gasteiger partial charge in [-0.05, 0) is 47.2 Å². The molecule has 136 valence electrons. The normalized spacial score (nSPS) is 16.0. The van der Waals surface area contributed by atoms with E-state index in [-0.39, 0.29) is 12.5 Å². The Morgan fingerprint density at radius 1 is 1.22 bits per heavy atom. The first kappa shape index (κ1) is 16.7. The lowest BCUT2D eigenvalue weighted by atomic mass is 10.1. The summed E-state index contributed by atoms with van der Waals surface area (Å²) in [6, 6.07) is 14.7. The number of hydrazone groups is 1. The quantitative estimate of drug-likeness (QED) is 0.553. The molecule has 2 aromatic carbocycles. The number of carbonyl (C=O) groups is 1. The molecule has 0 aliphatic carbocycles. The van der Waals surface area contributed by atoms with Crippen molar-refractivity contribution in [3.8, 4) is 17.2 Å². The number of ether oxygens (including phenoxy) is 2. The average Bonchev–Trinajstić information content (AvgIpc) is 3.26. The van der Waals surface area contributed by atoms with Crippen molar-refractivity contribution in [2.75, 3.05) is 6.61 Å². The number of amides is 1. The van der Waals surface area contributed by atoms with Crippen LogP contribution in [0.2, 0.25) is 0 Å². The highest BCUT2D eigenvalue weighted by Gasteiger charge is 2.27. The number of tetrazole rings is 1. The van der Waals surface area contributed by atoms with Crippen LogP contribution < -0.4 is 14.9 Å². The van der Waals surface area contributed by atoms with Crippen molar-refractivity contribution in [1.29, 1.82) is 0 Å². The van der Waals surface area contributed by atoms with Gasteiger partial charge >= 0.3 is 0 Å². The number of benzene rings is 2. The largest absolute Gasteiger partial charge is 0.485 e. The molecule has 1 aromatic heterocycles. The Morgan fingerprint density at radius 2 is 2.07 bits per heavy atom. The molecule has 0 fully saturated rings. The Hall–Kier alpha value is -3.75. The summed E-state index contributed by atoms with van der Waals surface area (Å²) in [4.78, 5) is 12.3. The minimum Gasteiger partial charge on any atom is -0.485 e. The molecule has 0 saturated carbocycles. The topological polar surface area (TPSA) is 104 Å². The van der Waals surface area contributed by atoms with E-state index in [0.29, 0.717) is 17.2 Å². The first-order valence-corrected chi connectivity index (χ1v) is 8.27. The second-order valence-corrected chi connectivity index (χ2v) is 5.84. The van der Waals surface area contributed by atoms with E-state index in [0.717, 1.165) is 11.3 Å². The number of para-hydroxylation sites is 2. The Balaban J connectivity index is 1.44. The molecule has 3 aromatic rings. The van der Waals surface area contributed by atoms with E-state index in [4.69, 9.17) is 9.47 Å². The highest BCUT2D eigenvalue weighted by molar-refractivity contribution is 5.99. The predicted molar refractivity (Wildman–Crippen MR) is 95.9 cm³/mol. The van der Waals surface area contributed by atoms with Crippen molar-refractivity contribution in [2.45, 2.75) is 13.0 Å². The Morgan fingerprint density at radius 3 is 2.89 bits per heavy atom. The number of aromatic nitrogens is 4. The molecule has 1 unspecified atom stereocenters. The first-order chi connectivity index (χ1) is 13.2. The zero-order valence-corrected chi connectivity index (χ0v) is 14.4. The number of nitrogens with zero attached hydrogens (tertiary/aromatic N) is 5. The number of rotatable bonds is 4. The van der Waals surface area contributed by atoms with E-state index in [1.807, 2.05) is 36.4 Å². The van der Waals surface area contributed by atoms with Crippen LogP contribution in [0, 0.1) is 0 Å². The predicted octanol–water partition coefficient (Wildman–Crippen LogP) is 1.34. The smallest absolute Gasteiger partial charge is 0.284 e. The summed E-state index contributed by atoms with van der Waals surface area (Å²) in [5, 5.41) is 15.3. The average molecular weight is 364 g/mol. The van der Waals surface area contributed by atoms with Crippen LogP contribution >= 0.6 is 0 Å².